The van der Waals surface area contributed by atoms with Gasteiger partial charge in [-0.1, -0.05) is 0 Å². The van der Waals surface area contributed by atoms with E-state index >= 15 is 0 Å². The van der Waals surface area contributed by atoms with Crippen LogP contribution in [0.4, 0.5) is 4.79 Å². The standard InChI is InChI=1S/C15H28N2O4S/c1-15(2,3)21-14(18)17-7-6-12(10-17)9-16-13-5-4-8-22(19,20)11-13/h12-13,16H,4-11H2,1-3H3. The normalized spacial score (nSPS) is 28.6. The van der Waals surface area contributed by atoms with Crippen molar-refractivity contribution >= 4 is 15.9 Å². The predicted molar refractivity (Wildman–Crippen MR) is 85.6 cm³/mol. The van der Waals surface area contributed by atoms with E-state index in [2.05, 4.69) is 5.32 Å². The molecule has 0 radical (unpaired) electrons. The summed E-state index contributed by atoms with van der Waals surface area (Å²) < 4.78 is 28.6. The average Bonchev–Trinajstić information content (AvgIpc) is 2.82. The largest absolute Gasteiger partial charge is 0.444 e. The molecule has 2 unspecified atom stereocenters. The Morgan fingerprint density at radius 1 is 1.32 bits per heavy atom. The number of likely N-dealkylation sites (tertiary alicyclic amines) is 1. The van der Waals surface area contributed by atoms with E-state index in [1.54, 1.807) is 4.90 Å². The molecule has 0 aromatic heterocycles. The first kappa shape index (κ1) is 17.5. The number of hydrogen-bond donors (Lipinski definition) is 1. The molecule has 6 nitrogen and oxygen atoms in total. The Kier molecular flexibility index (Phi) is 5.37. The van der Waals surface area contributed by atoms with Gasteiger partial charge in [-0.2, -0.15) is 0 Å². The van der Waals surface area contributed by atoms with E-state index in [4.69, 9.17) is 4.74 Å². The maximum absolute atomic E-state index is 12.0. The molecule has 128 valence electrons. The van der Waals surface area contributed by atoms with Crippen LogP contribution in [-0.4, -0.2) is 62.2 Å². The zero-order chi connectivity index (χ0) is 16.4. The van der Waals surface area contributed by atoms with Crippen LogP contribution >= 0.6 is 0 Å². The third kappa shape index (κ3) is 5.43. The summed E-state index contributed by atoms with van der Waals surface area (Å²) in [6, 6.07) is 0.0642. The van der Waals surface area contributed by atoms with Crippen LogP contribution in [0.3, 0.4) is 0 Å². The highest BCUT2D eigenvalue weighted by Crippen LogP contribution is 2.20. The molecular weight excluding hydrogens is 304 g/mol. The molecule has 0 spiro atoms. The van der Waals surface area contributed by atoms with Gasteiger partial charge in [-0.3, -0.25) is 0 Å². The number of carbonyl (C=O) groups excluding carboxylic acids is 1. The van der Waals surface area contributed by atoms with Crippen molar-refractivity contribution in [3.63, 3.8) is 0 Å². The molecule has 2 aliphatic rings. The quantitative estimate of drug-likeness (QED) is 0.846. The minimum Gasteiger partial charge on any atom is -0.444 e. The van der Waals surface area contributed by atoms with E-state index in [0.29, 0.717) is 24.8 Å². The summed E-state index contributed by atoms with van der Waals surface area (Å²) in [6.07, 6.45) is 2.34. The first-order chi connectivity index (χ1) is 10.1. The monoisotopic (exact) mass is 332 g/mol. The van der Waals surface area contributed by atoms with Gasteiger partial charge in [0, 0.05) is 25.7 Å². The Morgan fingerprint density at radius 2 is 2.05 bits per heavy atom. The number of ether oxygens (including phenoxy) is 1. The topological polar surface area (TPSA) is 75.7 Å². The van der Waals surface area contributed by atoms with Crippen LogP contribution in [0.15, 0.2) is 0 Å². The number of rotatable bonds is 3. The number of sulfone groups is 1. The van der Waals surface area contributed by atoms with Gasteiger partial charge in [0.15, 0.2) is 9.84 Å². The zero-order valence-corrected chi connectivity index (χ0v) is 14.6. The minimum absolute atomic E-state index is 0.0642. The van der Waals surface area contributed by atoms with Crippen molar-refractivity contribution in [1.82, 2.24) is 10.2 Å². The molecular formula is C15H28N2O4S. The van der Waals surface area contributed by atoms with Gasteiger partial charge in [-0.15, -0.1) is 0 Å². The fourth-order valence-electron chi connectivity index (χ4n) is 3.01. The number of amides is 1. The van der Waals surface area contributed by atoms with Gasteiger partial charge >= 0.3 is 6.09 Å². The molecule has 2 aliphatic heterocycles. The lowest BCUT2D eigenvalue weighted by molar-refractivity contribution is 0.0288. The zero-order valence-electron chi connectivity index (χ0n) is 13.8. The lowest BCUT2D eigenvalue weighted by Gasteiger charge is -2.25. The van der Waals surface area contributed by atoms with E-state index in [1.165, 1.54) is 0 Å². The van der Waals surface area contributed by atoms with E-state index in [1.807, 2.05) is 20.8 Å². The Hall–Kier alpha value is -0.820. The van der Waals surface area contributed by atoms with Crippen molar-refractivity contribution in [2.75, 3.05) is 31.1 Å². The van der Waals surface area contributed by atoms with Gasteiger partial charge in [-0.05, 0) is 46.0 Å². The lowest BCUT2D eigenvalue weighted by atomic mass is 10.1. The number of nitrogens with one attached hydrogen (secondary N) is 1. The Bertz CT molecular complexity index is 498. The fraction of sp³-hybridized carbons (Fsp3) is 0.933. The maximum Gasteiger partial charge on any atom is 0.410 e. The van der Waals surface area contributed by atoms with Crippen molar-refractivity contribution in [1.29, 1.82) is 0 Å². The molecule has 1 amide bonds. The number of hydrogen-bond acceptors (Lipinski definition) is 5. The van der Waals surface area contributed by atoms with Gasteiger partial charge in [0.25, 0.3) is 0 Å². The predicted octanol–water partition coefficient (Wildman–Crippen LogP) is 1.41. The molecule has 1 N–H and O–H groups in total. The van der Waals surface area contributed by atoms with Crippen LogP contribution in [0.1, 0.15) is 40.0 Å². The van der Waals surface area contributed by atoms with Crippen LogP contribution < -0.4 is 5.32 Å². The summed E-state index contributed by atoms with van der Waals surface area (Å²) in [4.78, 5) is 13.7. The molecule has 0 aromatic carbocycles. The molecule has 2 heterocycles. The second-order valence-corrected chi connectivity index (χ2v) is 9.67. The Morgan fingerprint density at radius 3 is 2.68 bits per heavy atom. The molecule has 0 aliphatic carbocycles. The Balaban J connectivity index is 1.74. The second-order valence-electron chi connectivity index (χ2n) is 7.44. The Labute approximate surface area is 133 Å². The van der Waals surface area contributed by atoms with E-state index < -0.39 is 15.4 Å². The SMILES string of the molecule is CC(C)(C)OC(=O)N1CCC(CNC2CCCS(=O)(=O)C2)C1. The van der Waals surface area contributed by atoms with Gasteiger partial charge in [0.2, 0.25) is 0 Å². The van der Waals surface area contributed by atoms with Crippen molar-refractivity contribution in [2.24, 2.45) is 5.92 Å². The van der Waals surface area contributed by atoms with E-state index in [0.717, 1.165) is 25.8 Å². The summed E-state index contributed by atoms with van der Waals surface area (Å²) in [7, 11) is -2.87. The average molecular weight is 332 g/mol. The molecule has 2 saturated heterocycles. The van der Waals surface area contributed by atoms with E-state index in [-0.39, 0.29) is 17.9 Å². The van der Waals surface area contributed by atoms with Crippen molar-refractivity contribution in [3.8, 4) is 0 Å². The summed E-state index contributed by atoms with van der Waals surface area (Å²) >= 11 is 0. The molecule has 2 atom stereocenters. The number of carbonyl (C=O) groups is 1. The van der Waals surface area contributed by atoms with Crippen LogP contribution in [0.25, 0.3) is 0 Å². The maximum atomic E-state index is 12.0. The summed E-state index contributed by atoms with van der Waals surface area (Å²) in [6.45, 7) is 7.75. The molecule has 7 heteroatoms. The van der Waals surface area contributed by atoms with Gasteiger partial charge in [0.05, 0.1) is 11.5 Å². The van der Waals surface area contributed by atoms with E-state index in [9.17, 15) is 13.2 Å². The number of nitrogens with zero attached hydrogens (tertiary/aromatic N) is 1. The van der Waals surface area contributed by atoms with Gasteiger partial charge < -0.3 is 15.0 Å². The van der Waals surface area contributed by atoms with Gasteiger partial charge in [-0.25, -0.2) is 13.2 Å². The smallest absolute Gasteiger partial charge is 0.410 e. The summed E-state index contributed by atoms with van der Waals surface area (Å²) in [5, 5.41) is 3.37. The third-order valence-electron chi connectivity index (χ3n) is 4.10. The lowest BCUT2D eigenvalue weighted by Crippen LogP contribution is -2.42. The third-order valence-corrected chi connectivity index (χ3v) is 5.92. The first-order valence-electron chi connectivity index (χ1n) is 8.06. The molecule has 2 fully saturated rings. The highest BCUT2D eigenvalue weighted by Gasteiger charge is 2.31. The van der Waals surface area contributed by atoms with Crippen LogP contribution in [-0.2, 0) is 14.6 Å². The fourth-order valence-corrected chi connectivity index (χ4v) is 4.68. The minimum atomic E-state index is -2.87. The highest BCUT2D eigenvalue weighted by molar-refractivity contribution is 7.91. The van der Waals surface area contributed by atoms with Crippen LogP contribution in [0.2, 0.25) is 0 Å². The van der Waals surface area contributed by atoms with Crippen molar-refractivity contribution < 1.29 is 17.9 Å². The first-order valence-corrected chi connectivity index (χ1v) is 9.88. The van der Waals surface area contributed by atoms with Crippen LogP contribution in [0, 0.1) is 5.92 Å². The summed E-state index contributed by atoms with van der Waals surface area (Å²) in [5.41, 5.74) is -0.468. The molecule has 0 saturated carbocycles. The van der Waals surface area contributed by atoms with Crippen molar-refractivity contribution in [2.45, 2.75) is 51.7 Å². The molecule has 2 rings (SSSR count). The summed E-state index contributed by atoms with van der Waals surface area (Å²) in [5.74, 6) is 0.938. The molecule has 22 heavy (non-hydrogen) atoms. The van der Waals surface area contributed by atoms with Crippen LogP contribution in [0.5, 0.6) is 0 Å². The van der Waals surface area contributed by atoms with Crippen molar-refractivity contribution in [3.05, 3.63) is 0 Å². The second kappa shape index (κ2) is 6.74. The molecule has 0 aromatic rings. The highest BCUT2D eigenvalue weighted by atomic mass is 32.2. The van der Waals surface area contributed by atoms with Gasteiger partial charge in [0.1, 0.15) is 5.60 Å². The molecule has 0 bridgehead atoms.